The highest BCUT2D eigenvalue weighted by atomic mass is 32.1. The average molecular weight is 461 g/mol. The second-order valence-electron chi connectivity index (χ2n) is 7.78. The number of carbonyl (C=O) groups excluding carboxylic acids is 1. The number of anilines is 1. The first-order valence-corrected chi connectivity index (χ1v) is 11.6. The molecule has 168 valence electrons. The normalized spacial score (nSPS) is 14.3. The number of para-hydroxylation sites is 1. The molecule has 5 rings (SSSR count). The second kappa shape index (κ2) is 9.66. The molecule has 33 heavy (non-hydrogen) atoms. The molecule has 3 heterocycles. The van der Waals surface area contributed by atoms with Gasteiger partial charge in [-0.3, -0.25) is 14.7 Å². The fourth-order valence-electron chi connectivity index (χ4n) is 3.91. The lowest BCUT2D eigenvalue weighted by atomic mass is 10.1. The Balaban J connectivity index is 1.40. The summed E-state index contributed by atoms with van der Waals surface area (Å²) in [6, 6.07) is 15.2. The van der Waals surface area contributed by atoms with Gasteiger partial charge in [-0.15, -0.1) is 11.3 Å². The van der Waals surface area contributed by atoms with Crippen molar-refractivity contribution < 1.29 is 14.3 Å². The number of hydrogen-bond acceptors (Lipinski definition) is 7. The van der Waals surface area contributed by atoms with Crippen molar-refractivity contribution in [2.24, 2.45) is 0 Å². The van der Waals surface area contributed by atoms with E-state index < -0.39 is 0 Å². The van der Waals surface area contributed by atoms with Crippen LogP contribution in [0.4, 0.5) is 5.69 Å². The predicted octanol–water partition coefficient (Wildman–Crippen LogP) is 4.45. The topological polar surface area (TPSA) is 76.6 Å². The largest absolute Gasteiger partial charge is 0.496 e. The average Bonchev–Trinajstić information content (AvgIpc) is 3.29. The first-order chi connectivity index (χ1) is 16.2. The first-order valence-electron chi connectivity index (χ1n) is 10.8. The van der Waals surface area contributed by atoms with Gasteiger partial charge in [0.1, 0.15) is 10.8 Å². The van der Waals surface area contributed by atoms with Gasteiger partial charge in [-0.25, -0.2) is 4.98 Å². The number of pyridine rings is 1. The van der Waals surface area contributed by atoms with Crippen LogP contribution in [-0.4, -0.2) is 54.2 Å². The number of nitrogens with one attached hydrogen (secondary N) is 1. The highest BCUT2D eigenvalue weighted by Gasteiger charge is 2.17. The summed E-state index contributed by atoms with van der Waals surface area (Å²) in [5, 5.41) is 3.92. The van der Waals surface area contributed by atoms with Crippen LogP contribution >= 0.6 is 11.3 Å². The first kappa shape index (κ1) is 21.5. The van der Waals surface area contributed by atoms with Crippen molar-refractivity contribution >= 4 is 33.1 Å². The monoisotopic (exact) mass is 460 g/mol. The number of benzene rings is 2. The number of ether oxygens (including phenoxy) is 2. The molecule has 4 aromatic rings. The van der Waals surface area contributed by atoms with E-state index in [0.717, 1.165) is 64.1 Å². The van der Waals surface area contributed by atoms with Crippen molar-refractivity contribution in [3.63, 3.8) is 0 Å². The summed E-state index contributed by atoms with van der Waals surface area (Å²) in [5.74, 6) is 0.609. The maximum Gasteiger partial charge on any atom is 0.255 e. The molecule has 7 nitrogen and oxygen atoms in total. The van der Waals surface area contributed by atoms with Crippen LogP contribution in [-0.2, 0) is 11.3 Å². The quantitative estimate of drug-likeness (QED) is 0.458. The fourth-order valence-corrected chi connectivity index (χ4v) is 4.88. The number of amides is 1. The van der Waals surface area contributed by atoms with E-state index in [9.17, 15) is 4.79 Å². The molecule has 2 aromatic carbocycles. The Morgan fingerprint density at radius 1 is 1.18 bits per heavy atom. The fraction of sp³-hybridized carbons (Fsp3) is 0.240. The summed E-state index contributed by atoms with van der Waals surface area (Å²) in [6.07, 6.45) is 3.54. The number of thiazole rings is 1. The Labute approximate surface area is 196 Å². The number of morpholine rings is 1. The molecule has 0 atom stereocenters. The van der Waals surface area contributed by atoms with E-state index in [-0.39, 0.29) is 5.91 Å². The van der Waals surface area contributed by atoms with Gasteiger partial charge in [-0.2, -0.15) is 0 Å². The van der Waals surface area contributed by atoms with Crippen molar-refractivity contribution in [1.29, 1.82) is 0 Å². The summed E-state index contributed by atoms with van der Waals surface area (Å²) in [5.41, 5.74) is 4.07. The SMILES string of the molecule is COc1ccc(C(=O)Nc2ccccc2-c2nc3ccncc3s2)cc1CN1CCOCC1. The molecule has 0 radical (unpaired) electrons. The van der Waals surface area contributed by atoms with E-state index in [4.69, 9.17) is 14.5 Å². The van der Waals surface area contributed by atoms with Crippen LogP contribution in [0.3, 0.4) is 0 Å². The van der Waals surface area contributed by atoms with Crippen LogP contribution in [0.1, 0.15) is 15.9 Å². The van der Waals surface area contributed by atoms with Gasteiger partial charge in [0.25, 0.3) is 5.91 Å². The Bertz CT molecular complexity index is 1250. The smallest absolute Gasteiger partial charge is 0.255 e. The van der Waals surface area contributed by atoms with Crippen LogP contribution < -0.4 is 10.1 Å². The van der Waals surface area contributed by atoms with Gasteiger partial charge >= 0.3 is 0 Å². The third-order valence-electron chi connectivity index (χ3n) is 5.64. The number of fused-ring (bicyclic) bond motifs is 1. The number of nitrogens with zero attached hydrogens (tertiary/aromatic N) is 3. The third-order valence-corrected chi connectivity index (χ3v) is 6.68. The molecule has 1 aliphatic rings. The van der Waals surface area contributed by atoms with Crippen LogP contribution in [0, 0.1) is 0 Å². The molecule has 0 unspecified atom stereocenters. The minimum Gasteiger partial charge on any atom is -0.496 e. The van der Waals surface area contributed by atoms with E-state index in [1.807, 2.05) is 48.7 Å². The molecular formula is C25H24N4O3S. The zero-order valence-electron chi connectivity index (χ0n) is 18.3. The second-order valence-corrected chi connectivity index (χ2v) is 8.81. The highest BCUT2D eigenvalue weighted by molar-refractivity contribution is 7.21. The summed E-state index contributed by atoms with van der Waals surface area (Å²) in [7, 11) is 1.65. The minimum absolute atomic E-state index is 0.170. The highest BCUT2D eigenvalue weighted by Crippen LogP contribution is 2.34. The van der Waals surface area contributed by atoms with Crippen LogP contribution in [0.25, 0.3) is 20.8 Å². The Morgan fingerprint density at radius 3 is 2.85 bits per heavy atom. The van der Waals surface area contributed by atoms with Gasteiger partial charge in [0, 0.05) is 48.7 Å². The lowest BCUT2D eigenvalue weighted by Gasteiger charge is -2.27. The third kappa shape index (κ3) is 4.73. The summed E-state index contributed by atoms with van der Waals surface area (Å²) >= 11 is 1.56. The molecule has 0 bridgehead atoms. The number of carbonyl (C=O) groups is 1. The zero-order valence-corrected chi connectivity index (χ0v) is 19.1. The molecule has 2 aromatic heterocycles. The molecule has 1 amide bonds. The molecule has 1 N–H and O–H groups in total. The van der Waals surface area contributed by atoms with E-state index >= 15 is 0 Å². The summed E-state index contributed by atoms with van der Waals surface area (Å²) in [6.45, 7) is 3.89. The van der Waals surface area contributed by atoms with E-state index in [2.05, 4.69) is 15.2 Å². The summed E-state index contributed by atoms with van der Waals surface area (Å²) in [4.78, 5) is 24.4. The molecule has 1 saturated heterocycles. The van der Waals surface area contributed by atoms with Gasteiger partial charge < -0.3 is 14.8 Å². The Morgan fingerprint density at radius 2 is 2.03 bits per heavy atom. The van der Waals surface area contributed by atoms with E-state index in [1.165, 1.54) is 0 Å². The van der Waals surface area contributed by atoms with E-state index in [0.29, 0.717) is 12.1 Å². The van der Waals surface area contributed by atoms with Gasteiger partial charge in [0.15, 0.2) is 0 Å². The number of hydrogen-bond donors (Lipinski definition) is 1. The maximum atomic E-state index is 13.2. The van der Waals surface area contributed by atoms with E-state index in [1.54, 1.807) is 30.7 Å². The maximum absolute atomic E-state index is 13.2. The van der Waals surface area contributed by atoms with Crippen molar-refractivity contribution in [3.05, 3.63) is 72.1 Å². The standard InChI is InChI=1S/C25H24N4O3S/c1-31-22-7-6-17(14-18(22)16-29-10-12-32-13-11-29)24(30)27-20-5-3-2-4-19(20)25-28-21-8-9-26-15-23(21)33-25/h2-9,14-15H,10-13,16H2,1H3,(H,27,30). The van der Waals surface area contributed by atoms with Crippen molar-refractivity contribution in [2.75, 3.05) is 38.7 Å². The Kier molecular flexibility index (Phi) is 6.30. The minimum atomic E-state index is -0.170. The lowest BCUT2D eigenvalue weighted by Crippen LogP contribution is -2.35. The van der Waals surface area contributed by atoms with Gasteiger partial charge in [-0.1, -0.05) is 12.1 Å². The molecule has 0 spiro atoms. The summed E-state index contributed by atoms with van der Waals surface area (Å²) < 4.78 is 12.0. The van der Waals surface area contributed by atoms with Crippen molar-refractivity contribution in [3.8, 4) is 16.3 Å². The molecule has 8 heteroatoms. The van der Waals surface area contributed by atoms with Crippen molar-refractivity contribution in [1.82, 2.24) is 14.9 Å². The molecule has 1 aliphatic heterocycles. The molecule has 1 fully saturated rings. The molecule has 0 saturated carbocycles. The number of aromatic nitrogens is 2. The number of rotatable bonds is 6. The predicted molar refractivity (Wildman–Crippen MR) is 130 cm³/mol. The van der Waals surface area contributed by atoms with Gasteiger partial charge in [0.2, 0.25) is 0 Å². The zero-order chi connectivity index (χ0) is 22.6. The van der Waals surface area contributed by atoms with Crippen LogP contribution in [0.5, 0.6) is 5.75 Å². The van der Waals surface area contributed by atoms with Crippen LogP contribution in [0.2, 0.25) is 0 Å². The van der Waals surface area contributed by atoms with Gasteiger partial charge in [0.05, 0.1) is 36.2 Å². The van der Waals surface area contributed by atoms with Gasteiger partial charge in [-0.05, 0) is 36.4 Å². The van der Waals surface area contributed by atoms with Crippen molar-refractivity contribution in [2.45, 2.75) is 6.54 Å². The Hall–Kier alpha value is -3.33. The van der Waals surface area contributed by atoms with Crippen LogP contribution in [0.15, 0.2) is 60.9 Å². The molecule has 0 aliphatic carbocycles. The lowest BCUT2D eigenvalue weighted by molar-refractivity contribution is 0.0338. The number of methoxy groups -OCH3 is 1. The molecular weight excluding hydrogens is 436 g/mol.